The molecule has 0 aromatic heterocycles. The van der Waals surface area contributed by atoms with E-state index in [1.807, 2.05) is 0 Å². The van der Waals surface area contributed by atoms with Gasteiger partial charge >= 0.3 is 96.7 Å². The van der Waals surface area contributed by atoms with Crippen molar-refractivity contribution in [3.63, 3.8) is 0 Å². The maximum absolute atomic E-state index is 8.59. The van der Waals surface area contributed by atoms with Gasteiger partial charge in [-0.1, -0.05) is 0 Å². The van der Waals surface area contributed by atoms with Crippen LogP contribution >= 0.6 is 0 Å². The first-order valence-electron chi connectivity index (χ1n) is 0.667. The molecule has 9 heavy (non-hydrogen) atoms. The summed E-state index contributed by atoms with van der Waals surface area (Å²) in [5.41, 5.74) is 0. The van der Waals surface area contributed by atoms with Crippen LogP contribution in [0.15, 0.2) is 0 Å². The van der Waals surface area contributed by atoms with E-state index < -0.39 is 13.6 Å². The minimum atomic E-state index is -5.75. The summed E-state index contributed by atoms with van der Waals surface area (Å²) in [4.78, 5) is 0. The maximum atomic E-state index is 8.59. The van der Waals surface area contributed by atoms with E-state index in [9.17, 15) is 0 Å². The molecule has 0 spiro atoms. The molecule has 0 aliphatic heterocycles. The minimum Gasteiger partial charge on any atom is 2.00 e. The molecule has 0 radical (unpaired) electrons. The van der Waals surface area contributed by atoms with Crippen molar-refractivity contribution < 1.29 is 62.2 Å². The topological polar surface area (TPSA) is 137 Å². The standard InChI is InChI=1S/Cr.6O.Sr.Ti/q;;;2*-2;2*-1;+2;+4. The Labute approximate surface area is 106 Å². The van der Waals surface area contributed by atoms with Crippen LogP contribution in [0.25, 0.3) is 0 Å². The van der Waals surface area contributed by atoms with Crippen LogP contribution in [0.4, 0.5) is 0 Å². The summed E-state index contributed by atoms with van der Waals surface area (Å²) in [7, 11) is 0. The molecule has 0 rings (SSSR count). The largest absolute Gasteiger partial charge is 4.00 e. The second-order valence-electron chi connectivity index (χ2n) is 0.408. The Kier molecular flexibility index (Phi) is 43.2. The monoisotopic (exact) mass is 284 g/mol. The molecule has 0 saturated carbocycles. The molecule has 6 nitrogen and oxygen atoms in total. The molecule has 0 atom stereocenters. The fraction of sp³-hybridized carbons (Fsp3) is 0. The van der Waals surface area contributed by atoms with Gasteiger partial charge in [0.1, 0.15) is 0 Å². The van der Waals surface area contributed by atoms with Crippen molar-refractivity contribution in [1.29, 1.82) is 0 Å². The van der Waals surface area contributed by atoms with E-state index >= 15 is 0 Å². The van der Waals surface area contributed by atoms with E-state index in [1.165, 1.54) is 0 Å². The van der Waals surface area contributed by atoms with Crippen LogP contribution in [0, 0.1) is 0 Å². The van der Waals surface area contributed by atoms with Gasteiger partial charge in [-0.2, -0.15) is 0 Å². The van der Waals surface area contributed by atoms with E-state index in [1.54, 1.807) is 0 Å². The average Bonchev–Trinajstić information content (AvgIpc) is 0.722. The molecule has 0 amide bonds. The summed E-state index contributed by atoms with van der Waals surface area (Å²) >= 11 is -5.75. The van der Waals surface area contributed by atoms with Crippen molar-refractivity contribution >= 4 is 45.5 Å². The van der Waals surface area contributed by atoms with Crippen LogP contribution < -0.4 is 8.32 Å². The first-order valence-corrected chi connectivity index (χ1v) is 2.75. The Morgan fingerprint density at radius 1 is 1.00 bits per heavy atom. The zero-order chi connectivity index (χ0) is 4.50. The SMILES string of the molecule is [O-2].[O-2].[O]=[Cr](=[O])([O-])[O-].[Sr+2].[Ti+4]. The van der Waals surface area contributed by atoms with Gasteiger partial charge in [-0.25, -0.2) is 0 Å². The molecular weight excluding hydrogens is 283 g/mol. The second-order valence-corrected chi connectivity index (χ2v) is 1.68. The predicted octanol–water partition coefficient (Wildman–Crippen LogP) is -3.24. The van der Waals surface area contributed by atoms with Crippen LogP contribution in [-0.2, 0) is 53.9 Å². The van der Waals surface area contributed by atoms with Crippen LogP contribution in [-0.4, -0.2) is 45.5 Å². The van der Waals surface area contributed by atoms with Gasteiger partial charge in [0.2, 0.25) is 0 Å². The normalized spacial score (nSPS) is 6.44. The summed E-state index contributed by atoms with van der Waals surface area (Å²) < 4.78 is 34.4. The first kappa shape index (κ1) is 30.4. The molecule has 0 aliphatic carbocycles. The van der Waals surface area contributed by atoms with E-state index in [2.05, 4.69) is 0 Å². The molecule has 0 heterocycles. The van der Waals surface area contributed by atoms with Crippen molar-refractivity contribution in [1.82, 2.24) is 0 Å². The van der Waals surface area contributed by atoms with Crippen LogP contribution in [0.3, 0.4) is 0 Å². The van der Waals surface area contributed by atoms with Crippen molar-refractivity contribution in [2.45, 2.75) is 0 Å². The molecule has 9 heteroatoms. The summed E-state index contributed by atoms with van der Waals surface area (Å²) in [6.07, 6.45) is 0. The molecule has 0 saturated heterocycles. The second kappa shape index (κ2) is 12.8. The molecule has 0 unspecified atom stereocenters. The molecular formula is CrO6SrTi. The Balaban J connectivity index is -0.0000000133. The van der Waals surface area contributed by atoms with E-state index in [-0.39, 0.29) is 78.2 Å². The molecule has 0 aromatic rings. The minimum absolute atomic E-state index is 0. The van der Waals surface area contributed by atoms with Crippen LogP contribution in [0.1, 0.15) is 0 Å². The van der Waals surface area contributed by atoms with E-state index in [4.69, 9.17) is 15.9 Å². The average molecular weight is 283 g/mol. The summed E-state index contributed by atoms with van der Waals surface area (Å²) in [6, 6.07) is 0. The first-order chi connectivity index (χ1) is 2.00. The Morgan fingerprint density at radius 3 is 1.00 bits per heavy atom. The molecule has 48 valence electrons. The van der Waals surface area contributed by atoms with Crippen molar-refractivity contribution in [2.75, 3.05) is 0 Å². The zero-order valence-electron chi connectivity index (χ0n) is 4.06. The smallest absolute Gasteiger partial charge is 2.00 e. The predicted molar refractivity (Wildman–Crippen MR) is 8.50 cm³/mol. The summed E-state index contributed by atoms with van der Waals surface area (Å²) in [5, 5.41) is 0. The van der Waals surface area contributed by atoms with Crippen molar-refractivity contribution in [3.8, 4) is 0 Å². The zero-order valence-corrected chi connectivity index (χ0v) is 10.4. The summed E-state index contributed by atoms with van der Waals surface area (Å²) in [5.74, 6) is 0. The number of hydrogen-bond acceptors (Lipinski definition) is 4. The molecule has 0 aliphatic rings. The van der Waals surface area contributed by atoms with Gasteiger partial charge in [-0.05, 0) is 0 Å². The van der Waals surface area contributed by atoms with Crippen molar-refractivity contribution in [2.24, 2.45) is 0 Å². The quantitative estimate of drug-likeness (QED) is 0.431. The van der Waals surface area contributed by atoms with E-state index in [0.29, 0.717) is 0 Å². The Morgan fingerprint density at radius 2 is 1.00 bits per heavy atom. The van der Waals surface area contributed by atoms with Gasteiger partial charge in [-0.3, -0.25) is 0 Å². The Bertz CT molecular complexity index is 96.2. The van der Waals surface area contributed by atoms with Gasteiger partial charge in [0, 0.05) is 0 Å². The third-order valence-corrected chi connectivity index (χ3v) is 0. The summed E-state index contributed by atoms with van der Waals surface area (Å²) in [6.45, 7) is 0. The number of rotatable bonds is 0. The number of hydrogen-bond donors (Lipinski definition) is 0. The van der Waals surface area contributed by atoms with E-state index in [0.717, 1.165) is 0 Å². The van der Waals surface area contributed by atoms with Gasteiger partial charge in [-0.15, -0.1) is 0 Å². The van der Waals surface area contributed by atoms with Crippen LogP contribution in [0.5, 0.6) is 0 Å². The van der Waals surface area contributed by atoms with Crippen LogP contribution in [0.2, 0.25) is 0 Å². The van der Waals surface area contributed by atoms with Gasteiger partial charge in [0.15, 0.2) is 0 Å². The van der Waals surface area contributed by atoms with Gasteiger partial charge in [0.05, 0.1) is 0 Å². The third-order valence-electron chi connectivity index (χ3n) is 0. The van der Waals surface area contributed by atoms with Gasteiger partial charge in [0.25, 0.3) is 0 Å². The molecule has 0 fully saturated rings. The molecule has 0 N–H and O–H groups in total. The molecule has 0 aromatic carbocycles. The fourth-order valence-corrected chi connectivity index (χ4v) is 0. The molecule has 0 bridgehead atoms. The maximum Gasteiger partial charge on any atom is 4.00 e. The third kappa shape index (κ3) is 144. The Hall–Kier alpha value is 2.17. The van der Waals surface area contributed by atoms with Crippen molar-refractivity contribution in [3.05, 3.63) is 0 Å². The van der Waals surface area contributed by atoms with Gasteiger partial charge < -0.3 is 11.0 Å². The fourth-order valence-electron chi connectivity index (χ4n) is 0.